The van der Waals surface area contributed by atoms with E-state index >= 15 is 0 Å². The third kappa shape index (κ3) is 2.19. The van der Waals surface area contributed by atoms with Crippen molar-refractivity contribution in [2.75, 3.05) is 6.61 Å². The van der Waals surface area contributed by atoms with Crippen molar-refractivity contribution in [3.8, 4) is 0 Å². The van der Waals surface area contributed by atoms with Crippen molar-refractivity contribution < 1.29 is 9.53 Å². The van der Waals surface area contributed by atoms with Gasteiger partial charge in [0.25, 0.3) is 0 Å². The Bertz CT molecular complexity index is 198. The summed E-state index contributed by atoms with van der Waals surface area (Å²) in [5.74, 6) is 4.90. The largest absolute Gasteiger partial charge is 0.377 e. The molecule has 4 heteroatoms. The zero-order valence-electron chi connectivity index (χ0n) is 8.46. The third-order valence-corrected chi connectivity index (χ3v) is 2.42. The van der Waals surface area contributed by atoms with E-state index < -0.39 is 0 Å². The number of nitrogens with one attached hydrogen (secondary N) is 1. The summed E-state index contributed by atoms with van der Waals surface area (Å²) in [6.45, 7) is 6.86. The first-order chi connectivity index (χ1) is 5.96. The highest BCUT2D eigenvalue weighted by atomic mass is 16.5. The van der Waals surface area contributed by atoms with Crippen LogP contribution in [0.15, 0.2) is 0 Å². The molecule has 3 N–H and O–H groups in total. The molecule has 0 aromatic rings. The Hall–Kier alpha value is -0.610. The Labute approximate surface area is 78.8 Å². The van der Waals surface area contributed by atoms with Gasteiger partial charge in [-0.2, -0.15) is 0 Å². The van der Waals surface area contributed by atoms with E-state index in [1.807, 2.05) is 0 Å². The van der Waals surface area contributed by atoms with Gasteiger partial charge in [0.2, 0.25) is 5.91 Å². The van der Waals surface area contributed by atoms with Gasteiger partial charge in [-0.25, -0.2) is 5.84 Å². The molecule has 1 fully saturated rings. The van der Waals surface area contributed by atoms with Gasteiger partial charge >= 0.3 is 0 Å². The van der Waals surface area contributed by atoms with E-state index in [0.717, 1.165) is 6.42 Å². The Morgan fingerprint density at radius 2 is 2.15 bits per heavy atom. The summed E-state index contributed by atoms with van der Waals surface area (Å²) >= 11 is 0. The van der Waals surface area contributed by atoms with E-state index in [1.54, 1.807) is 0 Å². The Morgan fingerprint density at radius 1 is 1.54 bits per heavy atom. The predicted molar refractivity (Wildman–Crippen MR) is 49.6 cm³/mol. The highest BCUT2D eigenvalue weighted by molar-refractivity contribution is 5.79. The first kappa shape index (κ1) is 10.5. The average Bonchev–Trinajstić information content (AvgIpc) is 2.49. The van der Waals surface area contributed by atoms with E-state index in [9.17, 15) is 4.79 Å². The molecule has 2 atom stereocenters. The van der Waals surface area contributed by atoms with Crippen LogP contribution >= 0.6 is 0 Å². The minimum Gasteiger partial charge on any atom is -0.377 e. The van der Waals surface area contributed by atoms with Crippen molar-refractivity contribution in [1.82, 2.24) is 5.43 Å². The molecule has 0 aromatic heterocycles. The lowest BCUT2D eigenvalue weighted by atomic mass is 9.81. The smallest absolute Gasteiger partial charge is 0.239 e. The van der Waals surface area contributed by atoms with Crippen LogP contribution in [0.4, 0.5) is 0 Å². The molecule has 76 valence electrons. The standard InChI is InChI=1S/C9H18N2O2/c1-9(2,3)7-6(4-5-13-7)8(12)11-10/h6-7H,4-5,10H2,1-3H3,(H,11,12). The topological polar surface area (TPSA) is 64.3 Å². The zero-order valence-corrected chi connectivity index (χ0v) is 8.46. The molecule has 1 aliphatic rings. The van der Waals surface area contributed by atoms with Gasteiger partial charge in [-0.15, -0.1) is 0 Å². The first-order valence-electron chi connectivity index (χ1n) is 4.59. The first-order valence-corrected chi connectivity index (χ1v) is 4.59. The van der Waals surface area contributed by atoms with Crippen LogP contribution in [0, 0.1) is 11.3 Å². The normalized spacial score (nSPS) is 28.9. The summed E-state index contributed by atoms with van der Waals surface area (Å²) in [5, 5.41) is 0. The van der Waals surface area contributed by atoms with Crippen LogP contribution < -0.4 is 11.3 Å². The van der Waals surface area contributed by atoms with Crippen LogP contribution in [0.1, 0.15) is 27.2 Å². The fraction of sp³-hybridized carbons (Fsp3) is 0.889. The number of rotatable bonds is 1. The zero-order chi connectivity index (χ0) is 10.1. The highest BCUT2D eigenvalue weighted by Crippen LogP contribution is 2.34. The second-order valence-electron chi connectivity index (χ2n) is 4.56. The number of nitrogens with two attached hydrogens (primary N) is 1. The summed E-state index contributed by atoms with van der Waals surface area (Å²) in [6.07, 6.45) is 0.751. The van der Waals surface area contributed by atoms with Gasteiger partial charge in [0, 0.05) is 6.61 Å². The van der Waals surface area contributed by atoms with Crippen LogP contribution in [-0.2, 0) is 9.53 Å². The van der Waals surface area contributed by atoms with Gasteiger partial charge in [0.1, 0.15) is 0 Å². The van der Waals surface area contributed by atoms with Crippen molar-refractivity contribution >= 4 is 5.91 Å². The molecule has 4 nitrogen and oxygen atoms in total. The second-order valence-corrected chi connectivity index (χ2v) is 4.56. The summed E-state index contributed by atoms with van der Waals surface area (Å²) in [4.78, 5) is 11.4. The number of hydrogen-bond donors (Lipinski definition) is 2. The molecule has 1 amide bonds. The van der Waals surface area contributed by atoms with E-state index in [4.69, 9.17) is 10.6 Å². The minimum atomic E-state index is -0.113. The average molecular weight is 186 g/mol. The second kappa shape index (κ2) is 3.64. The number of carbonyl (C=O) groups is 1. The molecular weight excluding hydrogens is 168 g/mol. The van der Waals surface area contributed by atoms with Crippen molar-refractivity contribution in [3.63, 3.8) is 0 Å². The summed E-state index contributed by atoms with van der Waals surface area (Å²) in [7, 11) is 0. The fourth-order valence-electron chi connectivity index (χ4n) is 1.82. The van der Waals surface area contributed by atoms with E-state index in [-0.39, 0.29) is 23.3 Å². The third-order valence-electron chi connectivity index (χ3n) is 2.42. The maximum atomic E-state index is 11.4. The maximum absolute atomic E-state index is 11.4. The van der Waals surface area contributed by atoms with Crippen LogP contribution in [0.5, 0.6) is 0 Å². The van der Waals surface area contributed by atoms with Crippen molar-refractivity contribution in [2.24, 2.45) is 17.2 Å². The molecule has 1 saturated heterocycles. The fourth-order valence-corrected chi connectivity index (χ4v) is 1.82. The van der Waals surface area contributed by atoms with E-state index in [1.165, 1.54) is 0 Å². The molecule has 2 unspecified atom stereocenters. The molecule has 1 rings (SSSR count). The summed E-state index contributed by atoms with van der Waals surface area (Å²) < 4.78 is 5.54. The molecule has 0 aromatic carbocycles. The lowest BCUT2D eigenvalue weighted by Crippen LogP contribution is -2.43. The number of hydrogen-bond acceptors (Lipinski definition) is 3. The SMILES string of the molecule is CC(C)(C)C1OCCC1C(=O)NN. The van der Waals surface area contributed by atoms with Gasteiger partial charge in [-0.3, -0.25) is 10.2 Å². The van der Waals surface area contributed by atoms with Gasteiger partial charge in [-0.05, 0) is 11.8 Å². The maximum Gasteiger partial charge on any atom is 0.239 e. The molecular formula is C9H18N2O2. The molecule has 1 heterocycles. The minimum absolute atomic E-state index is 0.00627. The molecule has 0 bridgehead atoms. The van der Waals surface area contributed by atoms with Crippen molar-refractivity contribution in [3.05, 3.63) is 0 Å². The number of ether oxygens (including phenoxy) is 1. The number of amides is 1. The summed E-state index contributed by atoms with van der Waals surface area (Å²) in [6, 6.07) is 0. The lowest BCUT2D eigenvalue weighted by molar-refractivity contribution is -0.129. The van der Waals surface area contributed by atoms with Gasteiger partial charge in [0.05, 0.1) is 12.0 Å². The van der Waals surface area contributed by atoms with Crippen LogP contribution in [0.25, 0.3) is 0 Å². The molecule has 1 aliphatic heterocycles. The molecule has 0 aliphatic carbocycles. The van der Waals surface area contributed by atoms with Gasteiger partial charge < -0.3 is 4.74 Å². The summed E-state index contributed by atoms with van der Waals surface area (Å²) in [5.41, 5.74) is 2.18. The molecule has 0 radical (unpaired) electrons. The quantitative estimate of drug-likeness (QED) is 0.354. The molecule has 0 saturated carbocycles. The Morgan fingerprint density at radius 3 is 2.62 bits per heavy atom. The van der Waals surface area contributed by atoms with Crippen molar-refractivity contribution in [1.29, 1.82) is 0 Å². The van der Waals surface area contributed by atoms with Crippen LogP contribution in [0.3, 0.4) is 0 Å². The highest BCUT2D eigenvalue weighted by Gasteiger charge is 2.40. The Kier molecular flexibility index (Phi) is 2.93. The van der Waals surface area contributed by atoms with Crippen LogP contribution in [-0.4, -0.2) is 18.6 Å². The monoisotopic (exact) mass is 186 g/mol. The molecule has 0 spiro atoms. The number of carbonyl (C=O) groups excluding carboxylic acids is 1. The number of hydrazine groups is 1. The van der Waals surface area contributed by atoms with Gasteiger partial charge in [0.15, 0.2) is 0 Å². The van der Waals surface area contributed by atoms with Crippen LogP contribution in [0.2, 0.25) is 0 Å². The van der Waals surface area contributed by atoms with Gasteiger partial charge in [-0.1, -0.05) is 20.8 Å². The molecule has 13 heavy (non-hydrogen) atoms. The van der Waals surface area contributed by atoms with Crippen molar-refractivity contribution in [2.45, 2.75) is 33.3 Å². The van der Waals surface area contributed by atoms with E-state index in [2.05, 4.69) is 26.2 Å². The Balaban J connectivity index is 2.70. The predicted octanol–water partition coefficient (Wildman–Crippen LogP) is 0.427. The van der Waals surface area contributed by atoms with E-state index in [0.29, 0.717) is 6.61 Å². The lowest BCUT2D eigenvalue weighted by Gasteiger charge is -2.29.